The number of imidazole rings is 1. The molecule has 3 aromatic heterocycles. The summed E-state index contributed by atoms with van der Waals surface area (Å²) in [5.41, 5.74) is 7.13. The molecular weight excluding hydrogens is 779 g/mol. The first-order chi connectivity index (χ1) is 29.1. The van der Waals surface area contributed by atoms with Gasteiger partial charge in [0.1, 0.15) is 16.7 Å². The molecule has 310 valence electrons. The molecule has 4 aliphatic rings. The van der Waals surface area contributed by atoms with Crippen LogP contribution >= 0.6 is 11.3 Å². The number of carbonyl (C=O) groups is 3. The Hall–Kier alpha value is -5.93. The van der Waals surface area contributed by atoms with E-state index in [0.717, 1.165) is 124 Å². The zero-order chi connectivity index (χ0) is 41.2. The van der Waals surface area contributed by atoms with Crippen molar-refractivity contribution in [2.45, 2.75) is 44.7 Å². The Morgan fingerprint density at radius 3 is 2.43 bits per heavy atom. The lowest BCUT2D eigenvalue weighted by atomic mass is 9.95. The van der Waals surface area contributed by atoms with Crippen molar-refractivity contribution in [3.05, 3.63) is 76.0 Å². The molecule has 3 aromatic carbocycles. The highest BCUT2D eigenvalue weighted by Crippen LogP contribution is 2.42. The molecule has 3 saturated heterocycles. The summed E-state index contributed by atoms with van der Waals surface area (Å²) in [6.45, 7) is 9.47. The number of benzene rings is 3. The minimum absolute atomic E-state index is 0.0301. The molecule has 10 rings (SSSR count). The molecule has 6 aromatic rings. The Morgan fingerprint density at radius 2 is 1.65 bits per heavy atom. The van der Waals surface area contributed by atoms with Crippen LogP contribution in [0.3, 0.4) is 0 Å². The third-order valence-electron chi connectivity index (χ3n) is 12.9. The molecule has 15 heteroatoms. The molecule has 14 nitrogen and oxygen atoms in total. The lowest BCUT2D eigenvalue weighted by molar-refractivity contribution is -0.135. The van der Waals surface area contributed by atoms with Gasteiger partial charge in [0, 0.05) is 110 Å². The van der Waals surface area contributed by atoms with E-state index in [0.29, 0.717) is 24.4 Å². The minimum Gasteiger partial charge on any atom is -0.497 e. The summed E-state index contributed by atoms with van der Waals surface area (Å²) in [7, 11) is 3.46. The molecule has 3 amide bonds. The zero-order valence-electron chi connectivity index (χ0n) is 34.1. The number of thiophene rings is 1. The van der Waals surface area contributed by atoms with Crippen LogP contribution in [0.1, 0.15) is 48.3 Å². The van der Waals surface area contributed by atoms with E-state index in [4.69, 9.17) is 9.72 Å². The number of anilines is 3. The van der Waals surface area contributed by atoms with E-state index >= 15 is 0 Å². The van der Waals surface area contributed by atoms with Gasteiger partial charge in [-0.3, -0.25) is 33.7 Å². The molecule has 0 saturated carbocycles. The van der Waals surface area contributed by atoms with Gasteiger partial charge in [-0.25, -0.2) is 9.78 Å². The molecule has 3 fully saturated rings. The van der Waals surface area contributed by atoms with E-state index in [-0.39, 0.29) is 30.0 Å². The maximum absolute atomic E-state index is 13.3. The van der Waals surface area contributed by atoms with Crippen LogP contribution in [0.2, 0.25) is 0 Å². The number of hydrogen-bond acceptors (Lipinski definition) is 11. The first-order valence-electron chi connectivity index (χ1n) is 21.0. The topological polar surface area (TPSA) is 146 Å². The van der Waals surface area contributed by atoms with Crippen LogP contribution in [0.15, 0.2) is 65.5 Å². The van der Waals surface area contributed by atoms with Crippen molar-refractivity contribution in [3.8, 4) is 17.0 Å². The lowest BCUT2D eigenvalue weighted by Gasteiger charge is -2.40. The van der Waals surface area contributed by atoms with Gasteiger partial charge >= 0.3 is 5.69 Å². The molecule has 0 spiro atoms. The normalized spacial score (nSPS) is 20.6. The monoisotopic (exact) mass is 827 g/mol. The number of piperazine rings is 1. The van der Waals surface area contributed by atoms with Crippen molar-refractivity contribution in [2.75, 3.05) is 74.6 Å². The first-order valence-corrected chi connectivity index (χ1v) is 21.8. The number of rotatable bonds is 7. The Labute approximate surface area is 351 Å². The van der Waals surface area contributed by atoms with Gasteiger partial charge in [0.05, 0.1) is 35.0 Å². The average Bonchev–Trinajstić information content (AvgIpc) is 3.71. The number of aromatic nitrogens is 3. The standard InChI is InChI=1S/C45H49N9O5S/c1-26-24-46-41-40-32-5-6-33(48-34(32)7-10-38(40)60-42(41)44(57)47-26)28-20-30(22-31(21-28)59-3)53-18-16-51(17-19-53)25-27-12-14-52(15-13-27)29-4-8-35-37(23-29)50(2)45(58)54(35)36-9-11-39(55)49-43(36)56/h4-8,10,20-23,26-27,36,46H,9,11-19,24-25H2,1-3H3,(H,47,57)(H,49,55,56)/t26-,36?/m1/s1. The lowest BCUT2D eigenvalue weighted by Crippen LogP contribution is -2.49. The molecule has 60 heavy (non-hydrogen) atoms. The van der Waals surface area contributed by atoms with Crippen LogP contribution in [0.5, 0.6) is 5.75 Å². The van der Waals surface area contributed by atoms with Crippen molar-refractivity contribution in [1.82, 2.24) is 29.7 Å². The molecule has 1 unspecified atom stereocenters. The van der Waals surface area contributed by atoms with Gasteiger partial charge in [0.15, 0.2) is 0 Å². The number of fused-ring (bicyclic) bond motifs is 6. The summed E-state index contributed by atoms with van der Waals surface area (Å²) in [4.78, 5) is 63.9. The molecule has 4 aliphatic heterocycles. The maximum Gasteiger partial charge on any atom is 0.329 e. The molecule has 2 atom stereocenters. The van der Waals surface area contributed by atoms with Crippen LogP contribution in [0.25, 0.3) is 43.3 Å². The number of methoxy groups -OCH3 is 1. The number of aryl methyl sites for hydroxylation is 1. The van der Waals surface area contributed by atoms with Gasteiger partial charge in [-0.2, -0.15) is 0 Å². The number of nitrogens with zero attached hydrogens (tertiary/aromatic N) is 6. The fourth-order valence-electron chi connectivity index (χ4n) is 9.62. The van der Waals surface area contributed by atoms with Gasteiger partial charge in [-0.15, -0.1) is 11.3 Å². The first kappa shape index (κ1) is 38.3. The number of ether oxygens (including phenoxy) is 1. The van der Waals surface area contributed by atoms with Gasteiger partial charge in [-0.05, 0) is 86.7 Å². The van der Waals surface area contributed by atoms with Crippen LogP contribution < -0.4 is 36.2 Å². The van der Waals surface area contributed by atoms with E-state index in [2.05, 4.69) is 85.2 Å². The van der Waals surface area contributed by atoms with E-state index < -0.39 is 11.9 Å². The summed E-state index contributed by atoms with van der Waals surface area (Å²) in [5.74, 6) is 0.669. The second-order valence-corrected chi connectivity index (χ2v) is 17.8. The summed E-state index contributed by atoms with van der Waals surface area (Å²) in [5, 5.41) is 11.1. The second kappa shape index (κ2) is 15.3. The van der Waals surface area contributed by atoms with E-state index in [1.807, 2.05) is 13.0 Å². The largest absolute Gasteiger partial charge is 0.497 e. The summed E-state index contributed by atoms with van der Waals surface area (Å²) in [6, 6.07) is 20.2. The van der Waals surface area contributed by atoms with Crippen molar-refractivity contribution in [1.29, 1.82) is 0 Å². The predicted molar refractivity (Wildman–Crippen MR) is 237 cm³/mol. The highest BCUT2D eigenvalue weighted by molar-refractivity contribution is 7.21. The summed E-state index contributed by atoms with van der Waals surface area (Å²) >= 11 is 1.52. The van der Waals surface area contributed by atoms with Crippen LogP contribution in [-0.2, 0) is 16.6 Å². The number of carbonyl (C=O) groups excluding carboxylic acids is 3. The van der Waals surface area contributed by atoms with E-state index in [9.17, 15) is 19.2 Å². The Bertz CT molecular complexity index is 2760. The van der Waals surface area contributed by atoms with Crippen LogP contribution in [-0.4, -0.2) is 102 Å². The number of nitrogens with one attached hydrogen (secondary N) is 3. The van der Waals surface area contributed by atoms with Crippen molar-refractivity contribution < 1.29 is 19.1 Å². The fourth-order valence-corrected chi connectivity index (χ4v) is 10.7. The van der Waals surface area contributed by atoms with Crippen LogP contribution in [0, 0.1) is 5.92 Å². The van der Waals surface area contributed by atoms with Gasteiger partial charge in [-0.1, -0.05) is 0 Å². The fraction of sp³-hybridized carbons (Fsp3) is 0.400. The van der Waals surface area contributed by atoms with E-state index in [1.54, 1.807) is 18.7 Å². The second-order valence-electron chi connectivity index (χ2n) is 16.8. The zero-order valence-corrected chi connectivity index (χ0v) is 34.9. The van der Waals surface area contributed by atoms with Gasteiger partial charge in [0.25, 0.3) is 5.91 Å². The van der Waals surface area contributed by atoms with Crippen molar-refractivity contribution in [3.63, 3.8) is 0 Å². The van der Waals surface area contributed by atoms with Gasteiger partial charge in [0.2, 0.25) is 11.8 Å². The summed E-state index contributed by atoms with van der Waals surface area (Å²) < 4.78 is 10.0. The number of piperidine rings is 2. The molecule has 0 bridgehead atoms. The predicted octanol–water partition coefficient (Wildman–Crippen LogP) is 5.34. The van der Waals surface area contributed by atoms with Gasteiger partial charge < -0.3 is 25.2 Å². The van der Waals surface area contributed by atoms with Crippen molar-refractivity contribution in [2.24, 2.45) is 13.0 Å². The minimum atomic E-state index is -0.687. The molecular formula is C45H49N9O5S. The third-order valence-corrected chi connectivity index (χ3v) is 14.1. The highest BCUT2D eigenvalue weighted by atomic mass is 32.1. The maximum atomic E-state index is 13.3. The Kier molecular flexibility index (Phi) is 9.74. The number of imide groups is 1. The SMILES string of the molecule is COc1cc(-c2ccc3c(ccc4sc5c(c43)NC[C@@H](C)NC5=O)n2)cc(N2CCN(CC3CCN(c4ccc5c(c4)n(C)c(=O)n5C4CCC(=O)NC4=O)CC3)CC2)c1. The summed E-state index contributed by atoms with van der Waals surface area (Å²) in [6.07, 6.45) is 2.74. The molecule has 3 N–H and O–H groups in total. The molecule has 7 heterocycles. The number of amides is 3. The highest BCUT2D eigenvalue weighted by Gasteiger charge is 2.32. The number of hydrogen-bond donors (Lipinski definition) is 3. The average molecular weight is 828 g/mol. The van der Waals surface area contributed by atoms with Crippen LogP contribution in [0.4, 0.5) is 17.1 Å². The Balaban J connectivity index is 0.784. The molecule has 0 aliphatic carbocycles. The Morgan fingerprint density at radius 1 is 0.850 bits per heavy atom. The number of pyridine rings is 1. The third kappa shape index (κ3) is 6.82. The van der Waals surface area contributed by atoms with E-state index in [1.165, 1.54) is 15.9 Å². The van der Waals surface area contributed by atoms with Crippen molar-refractivity contribution >= 4 is 78.1 Å². The molecule has 0 radical (unpaired) electrons. The smallest absolute Gasteiger partial charge is 0.329 e. The quantitative estimate of drug-likeness (QED) is 0.181.